The van der Waals surface area contributed by atoms with E-state index in [1.165, 1.54) is 0 Å². The largest absolute Gasteiger partial charge is 0.438 e. The molecule has 0 spiro atoms. The third-order valence-corrected chi connectivity index (χ3v) is 5.84. The number of hydrogen-bond acceptors (Lipinski definition) is 6. The van der Waals surface area contributed by atoms with Crippen molar-refractivity contribution in [2.75, 3.05) is 18.5 Å². The second kappa shape index (κ2) is 9.22. The molecule has 0 aliphatic carbocycles. The lowest BCUT2D eigenvalue weighted by atomic mass is 9.73. The summed E-state index contributed by atoms with van der Waals surface area (Å²) in [7, 11) is 0. The van der Waals surface area contributed by atoms with Gasteiger partial charge < -0.3 is 14.8 Å². The minimum atomic E-state index is -0.596. The van der Waals surface area contributed by atoms with Gasteiger partial charge in [-0.1, -0.05) is 30.3 Å². The maximum absolute atomic E-state index is 13.4. The molecule has 8 heteroatoms. The van der Waals surface area contributed by atoms with Gasteiger partial charge in [-0.25, -0.2) is 4.98 Å². The number of ether oxygens (including phenoxy) is 2. The molecule has 4 aromatic rings. The van der Waals surface area contributed by atoms with Gasteiger partial charge in [0.1, 0.15) is 12.1 Å². The van der Waals surface area contributed by atoms with Crippen molar-refractivity contribution in [2.24, 2.45) is 0 Å². The van der Waals surface area contributed by atoms with E-state index in [4.69, 9.17) is 9.47 Å². The summed E-state index contributed by atoms with van der Waals surface area (Å²) in [4.78, 5) is 17.4. The molecule has 3 heterocycles. The number of rotatable bonds is 6. The molecule has 2 aromatic carbocycles. The van der Waals surface area contributed by atoms with Crippen molar-refractivity contribution in [3.05, 3.63) is 91.0 Å². The number of carbonyl (C=O) groups excluding carboxylic acids is 1. The third-order valence-electron chi connectivity index (χ3n) is 5.84. The summed E-state index contributed by atoms with van der Waals surface area (Å²) in [5.41, 5.74) is 1.13. The number of imidazole rings is 1. The Balaban J connectivity index is 1.27. The van der Waals surface area contributed by atoms with Crippen LogP contribution in [0.15, 0.2) is 85.5 Å². The highest BCUT2D eigenvalue weighted by atomic mass is 16.5. The van der Waals surface area contributed by atoms with Crippen molar-refractivity contribution in [1.82, 2.24) is 19.7 Å². The first kappa shape index (κ1) is 20.8. The second-order valence-electron chi connectivity index (χ2n) is 7.84. The summed E-state index contributed by atoms with van der Waals surface area (Å²) in [5.74, 6) is 1.60. The maximum atomic E-state index is 13.4. The standard InChI is InChI=1S/C25H23N5O3/c31-24(25(12-16-32-17-13-25)19-4-2-1-3-5-19)27-20-6-8-21(9-7-20)33-23-11-10-22(28-29-23)30-15-14-26-18-30/h1-11,14-15,18H,12-13,16-17H2,(H,27,31). The molecule has 0 atom stereocenters. The summed E-state index contributed by atoms with van der Waals surface area (Å²) < 4.78 is 13.1. The Morgan fingerprint density at radius 3 is 2.42 bits per heavy atom. The van der Waals surface area contributed by atoms with E-state index in [2.05, 4.69) is 20.5 Å². The summed E-state index contributed by atoms with van der Waals surface area (Å²) in [6, 6.07) is 20.7. The number of benzene rings is 2. The smallest absolute Gasteiger partial charge is 0.238 e. The highest BCUT2D eigenvalue weighted by molar-refractivity contribution is 5.99. The average Bonchev–Trinajstić information content (AvgIpc) is 3.42. The van der Waals surface area contributed by atoms with Crippen LogP contribution in [0.5, 0.6) is 11.6 Å². The lowest BCUT2D eigenvalue weighted by molar-refractivity contribution is -0.125. The van der Waals surface area contributed by atoms with Crippen LogP contribution in [0.4, 0.5) is 5.69 Å². The molecule has 2 aromatic heterocycles. The second-order valence-corrected chi connectivity index (χ2v) is 7.84. The monoisotopic (exact) mass is 441 g/mol. The zero-order valence-electron chi connectivity index (χ0n) is 17.9. The number of carbonyl (C=O) groups is 1. The van der Waals surface area contributed by atoms with Gasteiger partial charge in [0.15, 0.2) is 5.82 Å². The van der Waals surface area contributed by atoms with Crippen LogP contribution in [0.1, 0.15) is 18.4 Å². The van der Waals surface area contributed by atoms with Crippen molar-refractivity contribution >= 4 is 11.6 Å². The van der Waals surface area contributed by atoms with Crippen molar-refractivity contribution in [3.8, 4) is 17.4 Å². The first-order chi connectivity index (χ1) is 16.2. The Bertz CT molecular complexity index is 1190. The number of anilines is 1. The van der Waals surface area contributed by atoms with Crippen LogP contribution < -0.4 is 10.1 Å². The number of hydrogen-bond donors (Lipinski definition) is 1. The van der Waals surface area contributed by atoms with Crippen molar-refractivity contribution in [1.29, 1.82) is 0 Å². The third kappa shape index (κ3) is 4.47. The van der Waals surface area contributed by atoms with E-state index in [0.717, 1.165) is 5.56 Å². The zero-order chi connectivity index (χ0) is 22.5. The zero-order valence-corrected chi connectivity index (χ0v) is 17.9. The van der Waals surface area contributed by atoms with E-state index >= 15 is 0 Å². The van der Waals surface area contributed by atoms with Gasteiger partial charge in [0.05, 0.1) is 5.41 Å². The summed E-state index contributed by atoms with van der Waals surface area (Å²) in [6.45, 7) is 1.13. The molecule has 5 rings (SSSR count). The van der Waals surface area contributed by atoms with E-state index < -0.39 is 5.41 Å². The van der Waals surface area contributed by atoms with Crippen molar-refractivity contribution in [2.45, 2.75) is 18.3 Å². The predicted molar refractivity (Wildman–Crippen MR) is 122 cm³/mol. The molecule has 166 valence electrons. The van der Waals surface area contributed by atoms with Crippen LogP contribution >= 0.6 is 0 Å². The highest BCUT2D eigenvalue weighted by Gasteiger charge is 2.41. The number of amides is 1. The lowest BCUT2D eigenvalue weighted by Crippen LogP contribution is -2.44. The highest BCUT2D eigenvalue weighted by Crippen LogP contribution is 2.36. The van der Waals surface area contributed by atoms with E-state index in [-0.39, 0.29) is 5.91 Å². The van der Waals surface area contributed by atoms with Crippen LogP contribution in [0.2, 0.25) is 0 Å². The van der Waals surface area contributed by atoms with E-state index in [9.17, 15) is 4.79 Å². The van der Waals surface area contributed by atoms with Gasteiger partial charge in [-0.3, -0.25) is 9.36 Å². The fourth-order valence-electron chi connectivity index (χ4n) is 4.00. The van der Waals surface area contributed by atoms with Crippen LogP contribution in [0.25, 0.3) is 5.82 Å². The molecule has 1 fully saturated rings. The van der Waals surface area contributed by atoms with Gasteiger partial charge in [-0.2, -0.15) is 0 Å². The average molecular weight is 441 g/mol. The molecule has 1 amide bonds. The van der Waals surface area contributed by atoms with Gasteiger partial charge >= 0.3 is 0 Å². The van der Waals surface area contributed by atoms with Gasteiger partial charge in [0.2, 0.25) is 11.8 Å². The van der Waals surface area contributed by atoms with Gasteiger partial charge in [0, 0.05) is 37.4 Å². The molecule has 0 unspecified atom stereocenters. The van der Waals surface area contributed by atoms with Crippen LogP contribution in [0, 0.1) is 0 Å². The molecule has 1 aliphatic rings. The minimum absolute atomic E-state index is 0.0216. The Kier molecular flexibility index (Phi) is 5.82. The van der Waals surface area contributed by atoms with Crippen LogP contribution in [-0.4, -0.2) is 38.9 Å². The van der Waals surface area contributed by atoms with Crippen molar-refractivity contribution < 1.29 is 14.3 Å². The Hall–Kier alpha value is -4.04. The van der Waals surface area contributed by atoms with Gasteiger partial charge in [-0.15, -0.1) is 10.2 Å². The first-order valence-electron chi connectivity index (χ1n) is 10.8. The Morgan fingerprint density at radius 2 is 1.76 bits per heavy atom. The molecule has 1 N–H and O–H groups in total. The molecule has 33 heavy (non-hydrogen) atoms. The van der Waals surface area contributed by atoms with Crippen LogP contribution in [0.3, 0.4) is 0 Å². The minimum Gasteiger partial charge on any atom is -0.438 e. The van der Waals surface area contributed by atoms with Crippen molar-refractivity contribution in [3.63, 3.8) is 0 Å². The topological polar surface area (TPSA) is 91.2 Å². The van der Waals surface area contributed by atoms with E-state index in [0.29, 0.717) is 49.2 Å². The van der Waals surface area contributed by atoms with E-state index in [1.54, 1.807) is 47.6 Å². The first-order valence-corrected chi connectivity index (χ1v) is 10.8. The SMILES string of the molecule is O=C(Nc1ccc(Oc2ccc(-n3ccnc3)nn2)cc1)C1(c2ccccc2)CCOCC1. The molecular formula is C25H23N5O3. The molecule has 0 bridgehead atoms. The Labute approximate surface area is 191 Å². The molecule has 0 radical (unpaired) electrons. The van der Waals surface area contributed by atoms with Crippen LogP contribution in [-0.2, 0) is 14.9 Å². The molecular weight excluding hydrogens is 418 g/mol. The van der Waals surface area contributed by atoms with Gasteiger partial charge in [-0.05, 0) is 48.7 Å². The molecule has 1 saturated heterocycles. The summed E-state index contributed by atoms with van der Waals surface area (Å²) >= 11 is 0. The molecule has 1 aliphatic heterocycles. The fraction of sp³-hybridized carbons (Fsp3) is 0.200. The van der Waals surface area contributed by atoms with Gasteiger partial charge in [0.25, 0.3) is 0 Å². The van der Waals surface area contributed by atoms with E-state index in [1.807, 2.05) is 42.5 Å². The summed E-state index contributed by atoms with van der Waals surface area (Å²) in [6.07, 6.45) is 6.42. The fourth-order valence-corrected chi connectivity index (χ4v) is 4.00. The molecule has 8 nitrogen and oxygen atoms in total. The Morgan fingerprint density at radius 1 is 0.970 bits per heavy atom. The quantitative estimate of drug-likeness (QED) is 0.484. The molecule has 0 saturated carbocycles. The number of nitrogens with one attached hydrogen (secondary N) is 1. The number of nitrogens with zero attached hydrogens (tertiary/aromatic N) is 4. The predicted octanol–water partition coefficient (Wildman–Crippen LogP) is 4.14. The normalized spacial score (nSPS) is 15.0. The number of aromatic nitrogens is 4. The lowest BCUT2D eigenvalue weighted by Gasteiger charge is -2.36. The summed E-state index contributed by atoms with van der Waals surface area (Å²) in [5, 5.41) is 11.3. The maximum Gasteiger partial charge on any atom is 0.238 e.